The number of nitrogens with zero attached hydrogens (tertiary/aromatic N) is 3. The lowest BCUT2D eigenvalue weighted by Gasteiger charge is -2.21. The van der Waals surface area contributed by atoms with E-state index in [9.17, 15) is 0 Å². The van der Waals surface area contributed by atoms with Crippen molar-refractivity contribution in [3.63, 3.8) is 0 Å². The van der Waals surface area contributed by atoms with Gasteiger partial charge in [-0.2, -0.15) is 0 Å². The number of hydrogen-bond acceptors (Lipinski definition) is 5. The van der Waals surface area contributed by atoms with Gasteiger partial charge in [0.25, 0.3) is 0 Å². The number of benzene rings is 7. The summed E-state index contributed by atoms with van der Waals surface area (Å²) in [6.07, 6.45) is 6.71. The van der Waals surface area contributed by atoms with Gasteiger partial charge < -0.3 is 9.15 Å². The van der Waals surface area contributed by atoms with Crippen LogP contribution in [0.3, 0.4) is 0 Å². The monoisotopic (exact) mass is 779 g/mol. The van der Waals surface area contributed by atoms with Crippen molar-refractivity contribution < 1.29 is 9.15 Å². The van der Waals surface area contributed by atoms with Gasteiger partial charge in [0, 0.05) is 45.4 Å². The Morgan fingerprint density at radius 1 is 0.567 bits per heavy atom. The molecule has 0 bridgehead atoms. The van der Waals surface area contributed by atoms with Gasteiger partial charge in [-0.15, -0.1) is 0 Å². The van der Waals surface area contributed by atoms with Crippen LogP contribution in [-0.2, 0) is 12.8 Å². The van der Waals surface area contributed by atoms with E-state index in [1.54, 1.807) is 0 Å². The first kappa shape index (κ1) is 37.2. The van der Waals surface area contributed by atoms with Crippen LogP contribution in [0.25, 0.3) is 78.1 Å². The molecule has 0 fully saturated rings. The van der Waals surface area contributed by atoms with Crippen molar-refractivity contribution in [1.82, 2.24) is 15.0 Å². The smallest absolute Gasteiger partial charge is 0.163 e. The fourth-order valence-corrected chi connectivity index (χ4v) is 8.87. The van der Waals surface area contributed by atoms with Crippen LogP contribution in [0, 0.1) is 6.92 Å². The first-order valence-corrected chi connectivity index (χ1v) is 21.0. The maximum Gasteiger partial charge on any atom is 0.163 e. The van der Waals surface area contributed by atoms with Gasteiger partial charge in [-0.05, 0) is 96.8 Å². The Hall–Kier alpha value is -7.11. The van der Waals surface area contributed by atoms with E-state index in [4.69, 9.17) is 24.1 Å². The largest absolute Gasteiger partial charge is 0.489 e. The van der Waals surface area contributed by atoms with Crippen molar-refractivity contribution in [1.29, 1.82) is 0 Å². The molecule has 7 aromatic carbocycles. The van der Waals surface area contributed by atoms with Gasteiger partial charge in [-0.3, -0.25) is 0 Å². The summed E-state index contributed by atoms with van der Waals surface area (Å²) in [5, 5.41) is 2.24. The molecule has 5 heteroatoms. The number of fused-ring (bicyclic) bond motifs is 4. The summed E-state index contributed by atoms with van der Waals surface area (Å²) in [6, 6.07) is 55.2. The summed E-state index contributed by atoms with van der Waals surface area (Å²) < 4.78 is 13.2. The Bertz CT molecular complexity index is 3020. The van der Waals surface area contributed by atoms with Gasteiger partial charge in [0.1, 0.15) is 28.8 Å². The Kier molecular flexibility index (Phi) is 9.86. The molecule has 3 heterocycles. The normalized spacial score (nSPS) is 14.8. The average Bonchev–Trinajstić information content (AvgIpc) is 3.83. The average molecular weight is 780 g/mol. The Balaban J connectivity index is 1.08. The van der Waals surface area contributed by atoms with Crippen LogP contribution in [-0.4, -0.2) is 21.1 Å². The molecule has 292 valence electrons. The van der Waals surface area contributed by atoms with Gasteiger partial charge in [0.2, 0.25) is 0 Å². The molecule has 0 saturated heterocycles. The van der Waals surface area contributed by atoms with E-state index in [2.05, 4.69) is 154 Å². The van der Waals surface area contributed by atoms with E-state index >= 15 is 0 Å². The highest BCUT2D eigenvalue weighted by Gasteiger charge is 2.35. The summed E-state index contributed by atoms with van der Waals surface area (Å²) >= 11 is 0. The van der Waals surface area contributed by atoms with Crippen molar-refractivity contribution in [2.45, 2.75) is 52.1 Å². The number of ether oxygens (including phenoxy) is 1. The highest BCUT2D eigenvalue weighted by atomic mass is 16.5. The number of aromatic nitrogens is 3. The third-order valence-electron chi connectivity index (χ3n) is 11.9. The summed E-state index contributed by atoms with van der Waals surface area (Å²) in [7, 11) is 0. The van der Waals surface area contributed by atoms with Crippen molar-refractivity contribution in [3.05, 3.63) is 192 Å². The molecule has 0 amide bonds. The van der Waals surface area contributed by atoms with Gasteiger partial charge in [0.05, 0.1) is 0 Å². The van der Waals surface area contributed by atoms with Crippen LogP contribution in [0.1, 0.15) is 48.7 Å². The molecule has 1 aliphatic rings. The SMILES string of the molecule is C/C=C\C1c2cc(-c3ccc4oc5ccccc5c4c3)c(CCCc3nc(-c4ccccc4)nc(-c4ccc(-c5ccccc5)cc4)n3)c(-c3ccccc3C)c2O[C@H]1C. The molecule has 10 rings (SSSR count). The number of furan rings is 1. The lowest BCUT2D eigenvalue weighted by Crippen LogP contribution is -2.11. The lowest BCUT2D eigenvalue weighted by molar-refractivity contribution is 0.242. The second kappa shape index (κ2) is 15.9. The van der Waals surface area contributed by atoms with Crippen LogP contribution in [0.2, 0.25) is 0 Å². The second-order valence-electron chi connectivity index (χ2n) is 15.8. The minimum absolute atomic E-state index is 0.00386. The molecular weight excluding hydrogens is 735 g/mol. The van der Waals surface area contributed by atoms with Crippen molar-refractivity contribution >= 4 is 21.9 Å². The summed E-state index contributed by atoms with van der Waals surface area (Å²) in [5.74, 6) is 3.26. The molecule has 60 heavy (non-hydrogen) atoms. The number of aryl methyl sites for hydroxylation is 2. The van der Waals surface area contributed by atoms with Crippen molar-refractivity contribution in [2.75, 3.05) is 0 Å². The number of hydrogen-bond donors (Lipinski definition) is 0. The molecule has 0 N–H and O–H groups in total. The summed E-state index contributed by atoms with van der Waals surface area (Å²) in [6.45, 7) is 6.48. The molecule has 1 unspecified atom stereocenters. The van der Waals surface area contributed by atoms with Crippen molar-refractivity contribution in [3.8, 4) is 61.9 Å². The number of allylic oxidation sites excluding steroid dienone is 1. The third kappa shape index (κ3) is 6.96. The van der Waals surface area contributed by atoms with Crippen LogP contribution in [0.15, 0.2) is 174 Å². The molecule has 2 aromatic heterocycles. The first-order chi connectivity index (χ1) is 29.5. The van der Waals surface area contributed by atoms with Crippen LogP contribution >= 0.6 is 0 Å². The lowest BCUT2D eigenvalue weighted by atomic mass is 9.82. The zero-order valence-corrected chi connectivity index (χ0v) is 34.1. The van der Waals surface area contributed by atoms with Crippen LogP contribution < -0.4 is 4.74 Å². The Morgan fingerprint density at radius 3 is 1.93 bits per heavy atom. The van der Waals surface area contributed by atoms with Gasteiger partial charge in [0.15, 0.2) is 11.6 Å². The van der Waals surface area contributed by atoms with Gasteiger partial charge >= 0.3 is 0 Å². The Morgan fingerprint density at radius 2 is 1.18 bits per heavy atom. The maximum absolute atomic E-state index is 6.89. The third-order valence-corrected chi connectivity index (χ3v) is 11.9. The summed E-state index contributed by atoms with van der Waals surface area (Å²) in [5.41, 5.74) is 14.5. The molecule has 9 aromatic rings. The quantitative estimate of drug-likeness (QED) is 0.129. The van der Waals surface area contributed by atoms with E-state index in [0.29, 0.717) is 18.1 Å². The predicted molar refractivity (Wildman–Crippen MR) is 245 cm³/mol. The predicted octanol–water partition coefficient (Wildman–Crippen LogP) is 14.0. The van der Waals surface area contributed by atoms with Gasteiger partial charge in [-0.25, -0.2) is 15.0 Å². The standard InChI is InChI=1S/C55H45N3O2/c1-4-16-43-36(3)59-53-48(43)34-46(41-31-32-50-47(33-41)44-23-13-14-25-49(44)60-50)45(52(53)42-22-12-11-17-35(42)2)24-15-26-51-56-54(39-20-9-6-10-21-39)58-55(57-51)40-29-27-38(28-30-40)37-18-7-5-8-19-37/h4-14,16-23,25,27-34,36,43H,15,24,26H2,1-3H3/b16-4-/t36-,43?/m0/s1. The van der Waals surface area contributed by atoms with E-state index in [1.165, 1.54) is 38.9 Å². The zero-order valence-electron chi connectivity index (χ0n) is 34.1. The summed E-state index contributed by atoms with van der Waals surface area (Å²) in [4.78, 5) is 15.2. The van der Waals surface area contributed by atoms with Crippen molar-refractivity contribution in [2.24, 2.45) is 0 Å². The fraction of sp³-hybridized carbons (Fsp3) is 0.145. The minimum Gasteiger partial charge on any atom is -0.489 e. The molecule has 0 saturated carbocycles. The van der Waals surface area contributed by atoms with Crippen LogP contribution in [0.5, 0.6) is 5.75 Å². The number of rotatable bonds is 10. The Labute approximate surface area is 351 Å². The minimum atomic E-state index is 0.00386. The zero-order chi connectivity index (χ0) is 40.6. The first-order valence-electron chi connectivity index (χ1n) is 21.0. The molecule has 0 spiro atoms. The molecule has 5 nitrogen and oxygen atoms in total. The number of para-hydroxylation sites is 1. The molecule has 2 atom stereocenters. The fourth-order valence-electron chi connectivity index (χ4n) is 8.87. The topological polar surface area (TPSA) is 61.0 Å². The maximum atomic E-state index is 6.89. The molecule has 0 aliphatic carbocycles. The van der Waals surface area contributed by atoms with Gasteiger partial charge in [-0.1, -0.05) is 146 Å². The highest BCUT2D eigenvalue weighted by Crippen LogP contribution is 2.51. The van der Waals surface area contributed by atoms with E-state index in [1.807, 2.05) is 36.4 Å². The second-order valence-corrected chi connectivity index (χ2v) is 15.8. The highest BCUT2D eigenvalue weighted by molar-refractivity contribution is 6.06. The molecular formula is C55H45N3O2. The van der Waals surface area contributed by atoms with E-state index in [0.717, 1.165) is 68.6 Å². The van der Waals surface area contributed by atoms with E-state index < -0.39 is 0 Å². The molecule has 1 aliphatic heterocycles. The van der Waals surface area contributed by atoms with Crippen LogP contribution in [0.4, 0.5) is 0 Å². The van der Waals surface area contributed by atoms with E-state index in [-0.39, 0.29) is 12.0 Å². The molecule has 0 radical (unpaired) electrons.